The zero-order valence-electron chi connectivity index (χ0n) is 8.59. The first-order valence-electron chi connectivity index (χ1n) is 5.30. The van der Waals surface area contributed by atoms with Gasteiger partial charge in [0.25, 0.3) is 0 Å². The topological polar surface area (TPSA) is 21.2 Å². The predicted molar refractivity (Wildman–Crippen MR) is 58.4 cm³/mol. The number of nitrogens with zero attached hydrogens (tertiary/aromatic N) is 3. The molecule has 4 rings (SSSR count). The second kappa shape index (κ2) is 2.70. The molecule has 0 bridgehead atoms. The van der Waals surface area contributed by atoms with E-state index in [0.29, 0.717) is 0 Å². The van der Waals surface area contributed by atoms with Crippen molar-refractivity contribution in [2.45, 2.75) is 6.42 Å². The van der Waals surface area contributed by atoms with Gasteiger partial charge in [0, 0.05) is 18.2 Å². The van der Waals surface area contributed by atoms with Gasteiger partial charge in [0.2, 0.25) is 5.69 Å². The van der Waals surface area contributed by atoms with Crippen molar-refractivity contribution < 1.29 is 4.57 Å². The third-order valence-electron chi connectivity index (χ3n) is 3.12. The monoisotopic (exact) mass is 207 g/mol. The van der Waals surface area contributed by atoms with E-state index in [-0.39, 0.29) is 0 Å². The second-order valence-corrected chi connectivity index (χ2v) is 3.98. The summed E-state index contributed by atoms with van der Waals surface area (Å²) in [6.45, 7) is 0. The molecule has 4 heterocycles. The zero-order chi connectivity index (χ0) is 10.5. The van der Waals surface area contributed by atoms with Gasteiger partial charge in [-0.05, 0) is 6.07 Å². The van der Waals surface area contributed by atoms with Crippen molar-refractivity contribution in [3.8, 4) is 5.69 Å². The molecule has 0 spiro atoms. The number of fused-ring (bicyclic) bond motifs is 5. The molecule has 3 nitrogen and oxygen atoms in total. The molecule has 0 N–H and O–H groups in total. The van der Waals surface area contributed by atoms with Crippen LogP contribution < -0.4 is 4.57 Å². The molecule has 0 amide bonds. The number of aromatic nitrogens is 3. The number of pyridine rings is 2. The highest BCUT2D eigenvalue weighted by atomic mass is 15.1. The van der Waals surface area contributed by atoms with Gasteiger partial charge in [-0.15, -0.1) is 0 Å². The van der Waals surface area contributed by atoms with Crippen LogP contribution >= 0.6 is 0 Å². The highest BCUT2D eigenvalue weighted by molar-refractivity contribution is 5.48. The first-order chi connectivity index (χ1) is 7.93. The Morgan fingerprint density at radius 3 is 3.25 bits per heavy atom. The van der Waals surface area contributed by atoms with Crippen molar-refractivity contribution in [1.29, 1.82) is 0 Å². The van der Waals surface area contributed by atoms with E-state index in [1.807, 2.05) is 10.5 Å². The lowest BCUT2D eigenvalue weighted by molar-refractivity contribution is -0.597. The standard InChI is InChI=1S/C13H9N3/c1-2-7-15-10(3-1)9-12-11(15)4-5-13-14-6-8-16(12)13/h1-7H,9H2/q+1. The summed E-state index contributed by atoms with van der Waals surface area (Å²) in [5, 5.41) is 0. The first kappa shape index (κ1) is 8.05. The van der Waals surface area contributed by atoms with Crippen LogP contribution in [0.5, 0.6) is 0 Å². The van der Waals surface area contributed by atoms with Crippen LogP contribution in [0.4, 0.5) is 0 Å². The molecule has 3 aromatic rings. The predicted octanol–water partition coefficient (Wildman–Crippen LogP) is 1.32. The molecule has 75 valence electrons. The molecule has 0 aliphatic carbocycles. The fraction of sp³-hybridized carbons (Fsp3) is 0.0769. The molecule has 16 heavy (non-hydrogen) atoms. The van der Waals surface area contributed by atoms with Gasteiger partial charge >= 0.3 is 0 Å². The molecule has 0 saturated heterocycles. The fourth-order valence-electron chi connectivity index (χ4n) is 2.39. The average Bonchev–Trinajstić information content (AvgIpc) is 2.92. The summed E-state index contributed by atoms with van der Waals surface area (Å²) in [7, 11) is 0. The molecular weight excluding hydrogens is 198 g/mol. The van der Waals surface area contributed by atoms with Crippen molar-refractivity contribution in [2.24, 2.45) is 0 Å². The van der Waals surface area contributed by atoms with E-state index < -0.39 is 0 Å². The summed E-state index contributed by atoms with van der Waals surface area (Å²) in [6.07, 6.45) is 7.92. The molecule has 0 aromatic carbocycles. The van der Waals surface area contributed by atoms with E-state index in [1.165, 1.54) is 17.1 Å². The van der Waals surface area contributed by atoms with Crippen molar-refractivity contribution >= 4 is 5.65 Å². The molecule has 0 unspecified atom stereocenters. The Hall–Kier alpha value is -2.16. The summed E-state index contributed by atoms with van der Waals surface area (Å²) >= 11 is 0. The largest absolute Gasteiger partial charge is 0.288 e. The summed E-state index contributed by atoms with van der Waals surface area (Å²) < 4.78 is 4.27. The van der Waals surface area contributed by atoms with Gasteiger partial charge in [0.05, 0.1) is 18.8 Å². The SMILES string of the molecule is [c]1cnc2ccc3c(n12)Cc1cccc[n+]1-3. The molecule has 1 aliphatic rings. The highest BCUT2D eigenvalue weighted by Gasteiger charge is 2.28. The Bertz CT molecular complexity index is 697. The van der Waals surface area contributed by atoms with Crippen molar-refractivity contribution in [3.05, 3.63) is 60.3 Å². The lowest BCUT2D eigenvalue weighted by Gasteiger charge is -1.97. The lowest BCUT2D eigenvalue weighted by atomic mass is 10.2. The number of hydrogen-bond acceptors (Lipinski definition) is 1. The van der Waals surface area contributed by atoms with Gasteiger partial charge in [-0.3, -0.25) is 4.40 Å². The molecule has 0 atom stereocenters. The lowest BCUT2D eigenvalue weighted by Crippen LogP contribution is -2.30. The molecule has 3 heteroatoms. The van der Waals surface area contributed by atoms with Crippen LogP contribution in [0.25, 0.3) is 11.3 Å². The van der Waals surface area contributed by atoms with Crippen molar-refractivity contribution in [1.82, 2.24) is 9.38 Å². The summed E-state index contributed by atoms with van der Waals surface area (Å²) in [4.78, 5) is 4.26. The smallest absolute Gasteiger partial charge is 0.231 e. The highest BCUT2D eigenvalue weighted by Crippen LogP contribution is 2.21. The van der Waals surface area contributed by atoms with Crippen molar-refractivity contribution in [2.75, 3.05) is 0 Å². The number of hydrogen-bond donors (Lipinski definition) is 0. The maximum Gasteiger partial charge on any atom is 0.231 e. The molecule has 1 radical (unpaired) electrons. The molecule has 0 saturated carbocycles. The maximum atomic E-state index is 4.26. The Morgan fingerprint density at radius 1 is 1.25 bits per heavy atom. The summed E-state index contributed by atoms with van der Waals surface area (Å²) in [5.41, 5.74) is 4.78. The molecule has 3 aromatic heterocycles. The zero-order valence-corrected chi connectivity index (χ0v) is 8.59. The average molecular weight is 207 g/mol. The number of imidazole rings is 1. The van der Waals surface area contributed by atoms with E-state index in [9.17, 15) is 0 Å². The van der Waals surface area contributed by atoms with E-state index in [4.69, 9.17) is 0 Å². The fourth-order valence-corrected chi connectivity index (χ4v) is 2.39. The van der Waals surface area contributed by atoms with Gasteiger partial charge in [0.1, 0.15) is 11.3 Å². The van der Waals surface area contributed by atoms with Crippen LogP contribution in [0.2, 0.25) is 0 Å². The normalized spacial score (nSPS) is 12.8. The third-order valence-corrected chi connectivity index (χ3v) is 3.12. The minimum atomic E-state index is 0.945. The minimum Gasteiger partial charge on any atom is -0.288 e. The van der Waals surface area contributed by atoms with Gasteiger partial charge in [-0.1, -0.05) is 6.07 Å². The van der Waals surface area contributed by atoms with E-state index in [1.54, 1.807) is 6.20 Å². The van der Waals surface area contributed by atoms with Gasteiger partial charge in [-0.2, -0.15) is 4.57 Å². The third kappa shape index (κ3) is 0.877. The van der Waals surface area contributed by atoms with E-state index in [0.717, 1.165) is 12.1 Å². The van der Waals surface area contributed by atoms with E-state index in [2.05, 4.69) is 46.2 Å². The summed E-state index contributed by atoms with van der Waals surface area (Å²) in [6, 6.07) is 10.4. The van der Waals surface area contributed by atoms with Crippen LogP contribution in [-0.2, 0) is 6.42 Å². The maximum absolute atomic E-state index is 4.26. The second-order valence-electron chi connectivity index (χ2n) is 3.98. The van der Waals surface area contributed by atoms with Crippen LogP contribution in [0.15, 0.2) is 42.7 Å². The Morgan fingerprint density at radius 2 is 2.25 bits per heavy atom. The molecule has 0 fully saturated rings. The Kier molecular flexibility index (Phi) is 1.36. The molecule has 1 aliphatic heterocycles. The first-order valence-corrected chi connectivity index (χ1v) is 5.30. The quantitative estimate of drug-likeness (QED) is 0.398. The minimum absolute atomic E-state index is 0.945. The van der Waals surface area contributed by atoms with Crippen LogP contribution in [0, 0.1) is 6.20 Å². The molecular formula is C13H9N3+. The van der Waals surface area contributed by atoms with Crippen LogP contribution in [-0.4, -0.2) is 9.38 Å². The Balaban J connectivity index is 2.13. The van der Waals surface area contributed by atoms with Crippen LogP contribution in [0.3, 0.4) is 0 Å². The number of rotatable bonds is 0. The van der Waals surface area contributed by atoms with Crippen molar-refractivity contribution in [3.63, 3.8) is 0 Å². The van der Waals surface area contributed by atoms with Gasteiger partial charge in [-0.25, -0.2) is 4.98 Å². The van der Waals surface area contributed by atoms with E-state index >= 15 is 0 Å². The van der Waals surface area contributed by atoms with Gasteiger partial charge in [0.15, 0.2) is 11.9 Å². The summed E-state index contributed by atoms with van der Waals surface area (Å²) in [5.74, 6) is 0. The van der Waals surface area contributed by atoms with Gasteiger partial charge < -0.3 is 0 Å². The van der Waals surface area contributed by atoms with Crippen LogP contribution in [0.1, 0.15) is 11.4 Å². The Labute approximate surface area is 92.6 Å².